The number of esters is 1. The molecule has 5 nitrogen and oxygen atoms in total. The van der Waals surface area contributed by atoms with Crippen molar-refractivity contribution in [1.82, 2.24) is 5.32 Å². The van der Waals surface area contributed by atoms with Crippen molar-refractivity contribution in [3.63, 3.8) is 0 Å². The monoisotopic (exact) mass is 418 g/mol. The van der Waals surface area contributed by atoms with Gasteiger partial charge in [-0.1, -0.05) is 44.2 Å². The van der Waals surface area contributed by atoms with E-state index in [4.69, 9.17) is 21.7 Å². The Bertz CT molecular complexity index is 834. The van der Waals surface area contributed by atoms with Crippen LogP contribution in [0.4, 0.5) is 5.00 Å². The maximum atomic E-state index is 12.7. The van der Waals surface area contributed by atoms with Gasteiger partial charge in [0.05, 0.1) is 24.9 Å². The van der Waals surface area contributed by atoms with E-state index in [0.29, 0.717) is 42.8 Å². The smallest absolute Gasteiger partial charge is 0.341 e. The van der Waals surface area contributed by atoms with Crippen molar-refractivity contribution < 1.29 is 14.3 Å². The van der Waals surface area contributed by atoms with E-state index in [1.54, 1.807) is 0 Å². The number of thiophene rings is 1. The Balaban J connectivity index is 1.78. The molecule has 0 saturated carbocycles. The van der Waals surface area contributed by atoms with Gasteiger partial charge in [0.2, 0.25) is 0 Å². The number of carbonyl (C=O) groups excluding carboxylic acids is 1. The summed E-state index contributed by atoms with van der Waals surface area (Å²) >= 11 is 6.97. The molecule has 1 atom stereocenters. The molecule has 1 unspecified atom stereocenters. The Morgan fingerprint density at radius 3 is 2.79 bits per heavy atom. The Hall–Kier alpha value is -1.96. The molecule has 0 radical (unpaired) electrons. The summed E-state index contributed by atoms with van der Waals surface area (Å²) in [6, 6.07) is 10.0. The van der Waals surface area contributed by atoms with E-state index in [9.17, 15) is 4.79 Å². The SMILES string of the molecule is CCOC(=O)c1c(NC(=S)NCc2ccccc2)sc2c1CC(C(C)C)OC2. The van der Waals surface area contributed by atoms with Crippen molar-refractivity contribution in [2.24, 2.45) is 5.92 Å². The number of hydrogen-bond donors (Lipinski definition) is 2. The van der Waals surface area contributed by atoms with Crippen LogP contribution in [0, 0.1) is 5.92 Å². The third kappa shape index (κ3) is 4.90. The van der Waals surface area contributed by atoms with Gasteiger partial charge in [-0.3, -0.25) is 0 Å². The fourth-order valence-corrected chi connectivity index (χ4v) is 4.53. The fraction of sp³-hybridized carbons (Fsp3) is 0.429. The minimum absolute atomic E-state index is 0.103. The van der Waals surface area contributed by atoms with Crippen LogP contribution < -0.4 is 10.6 Å². The predicted octanol–water partition coefficient (Wildman–Crippen LogP) is 4.51. The number of rotatable bonds is 6. The van der Waals surface area contributed by atoms with Crippen LogP contribution in [-0.2, 0) is 29.0 Å². The van der Waals surface area contributed by atoms with Crippen molar-refractivity contribution >= 4 is 39.6 Å². The Labute approximate surface area is 175 Å². The second-order valence-electron chi connectivity index (χ2n) is 7.02. The third-order valence-electron chi connectivity index (χ3n) is 4.67. The molecule has 1 aliphatic heterocycles. The van der Waals surface area contributed by atoms with Crippen LogP contribution in [0.1, 0.15) is 47.1 Å². The molecule has 0 fully saturated rings. The molecule has 0 amide bonds. The summed E-state index contributed by atoms with van der Waals surface area (Å²) in [7, 11) is 0. The molecule has 2 N–H and O–H groups in total. The molecule has 0 aliphatic carbocycles. The van der Waals surface area contributed by atoms with Crippen LogP contribution in [0.25, 0.3) is 0 Å². The molecule has 7 heteroatoms. The van der Waals surface area contributed by atoms with E-state index in [-0.39, 0.29) is 12.1 Å². The Kier molecular flexibility index (Phi) is 7.04. The molecule has 3 rings (SSSR count). The number of benzene rings is 1. The highest BCUT2D eigenvalue weighted by molar-refractivity contribution is 7.80. The van der Waals surface area contributed by atoms with E-state index in [2.05, 4.69) is 24.5 Å². The minimum Gasteiger partial charge on any atom is -0.462 e. The molecule has 1 aromatic heterocycles. The number of ether oxygens (including phenoxy) is 2. The molecule has 1 aromatic carbocycles. The number of hydrogen-bond acceptors (Lipinski definition) is 5. The van der Waals surface area contributed by atoms with Crippen molar-refractivity contribution in [2.45, 2.75) is 46.4 Å². The summed E-state index contributed by atoms with van der Waals surface area (Å²) in [5, 5.41) is 7.61. The predicted molar refractivity (Wildman–Crippen MR) is 117 cm³/mol. The second kappa shape index (κ2) is 9.49. The van der Waals surface area contributed by atoms with E-state index >= 15 is 0 Å². The third-order valence-corrected chi connectivity index (χ3v) is 6.04. The normalized spacial score (nSPS) is 15.8. The van der Waals surface area contributed by atoms with E-state index in [1.807, 2.05) is 37.3 Å². The first kappa shape index (κ1) is 20.8. The van der Waals surface area contributed by atoms with Crippen LogP contribution in [0.2, 0.25) is 0 Å². The summed E-state index contributed by atoms with van der Waals surface area (Å²) in [5.41, 5.74) is 2.76. The maximum absolute atomic E-state index is 12.7. The highest BCUT2D eigenvalue weighted by Gasteiger charge is 2.31. The first-order valence-electron chi connectivity index (χ1n) is 9.51. The highest BCUT2D eigenvalue weighted by Crippen LogP contribution is 2.39. The quantitative estimate of drug-likeness (QED) is 0.532. The van der Waals surface area contributed by atoms with Crippen LogP contribution in [0.15, 0.2) is 30.3 Å². The number of anilines is 1. The van der Waals surface area contributed by atoms with Gasteiger partial charge in [0, 0.05) is 17.8 Å². The highest BCUT2D eigenvalue weighted by atomic mass is 32.1. The summed E-state index contributed by atoms with van der Waals surface area (Å²) in [5.74, 6) is 0.0749. The van der Waals surface area contributed by atoms with Gasteiger partial charge in [0.15, 0.2) is 5.11 Å². The van der Waals surface area contributed by atoms with Gasteiger partial charge in [-0.25, -0.2) is 4.79 Å². The van der Waals surface area contributed by atoms with Crippen molar-refractivity contribution in [3.8, 4) is 0 Å². The first-order chi connectivity index (χ1) is 13.5. The van der Waals surface area contributed by atoms with E-state index in [1.165, 1.54) is 11.3 Å². The zero-order valence-electron chi connectivity index (χ0n) is 16.4. The van der Waals surface area contributed by atoms with Gasteiger partial charge >= 0.3 is 5.97 Å². The molecule has 28 heavy (non-hydrogen) atoms. The number of carbonyl (C=O) groups is 1. The molecule has 0 bridgehead atoms. The summed E-state index contributed by atoms with van der Waals surface area (Å²) in [6.07, 6.45) is 0.815. The summed E-state index contributed by atoms with van der Waals surface area (Å²) in [4.78, 5) is 13.7. The lowest BCUT2D eigenvalue weighted by Gasteiger charge is -2.26. The standard InChI is InChI=1S/C21H26N2O3S2/c1-4-25-20(24)18-15-10-16(13(2)3)26-12-17(15)28-19(18)23-21(27)22-11-14-8-6-5-7-9-14/h5-9,13,16H,4,10-12H2,1-3H3,(H2,22,23,27). The van der Waals surface area contributed by atoms with E-state index < -0.39 is 0 Å². The molecule has 2 aromatic rings. The van der Waals surface area contributed by atoms with Crippen molar-refractivity contribution in [1.29, 1.82) is 0 Å². The molecule has 150 valence electrons. The van der Waals surface area contributed by atoms with Gasteiger partial charge in [-0.2, -0.15) is 0 Å². The zero-order valence-corrected chi connectivity index (χ0v) is 18.0. The topological polar surface area (TPSA) is 59.6 Å². The van der Waals surface area contributed by atoms with Crippen LogP contribution in [0.3, 0.4) is 0 Å². The molecule has 0 saturated heterocycles. The fourth-order valence-electron chi connectivity index (χ4n) is 3.15. The minimum atomic E-state index is -0.308. The lowest BCUT2D eigenvalue weighted by molar-refractivity contribution is 0.00124. The second-order valence-corrected chi connectivity index (χ2v) is 8.53. The van der Waals surface area contributed by atoms with E-state index in [0.717, 1.165) is 21.0 Å². The molecular weight excluding hydrogens is 392 g/mol. The average Bonchev–Trinajstić information content (AvgIpc) is 3.04. The van der Waals surface area contributed by atoms with Gasteiger partial charge in [-0.15, -0.1) is 11.3 Å². The first-order valence-corrected chi connectivity index (χ1v) is 10.7. The van der Waals surface area contributed by atoms with Crippen LogP contribution >= 0.6 is 23.6 Å². The zero-order chi connectivity index (χ0) is 20.1. The molecule has 0 spiro atoms. The summed E-state index contributed by atoms with van der Waals surface area (Å²) in [6.45, 7) is 7.55. The van der Waals surface area contributed by atoms with Crippen LogP contribution in [0.5, 0.6) is 0 Å². The largest absolute Gasteiger partial charge is 0.462 e. The van der Waals surface area contributed by atoms with Crippen LogP contribution in [-0.4, -0.2) is 23.8 Å². The lowest BCUT2D eigenvalue weighted by Crippen LogP contribution is -2.29. The lowest BCUT2D eigenvalue weighted by atomic mass is 9.94. The number of nitrogens with one attached hydrogen (secondary N) is 2. The number of fused-ring (bicyclic) bond motifs is 1. The maximum Gasteiger partial charge on any atom is 0.341 e. The van der Waals surface area contributed by atoms with Gasteiger partial charge in [-0.05, 0) is 36.2 Å². The van der Waals surface area contributed by atoms with Gasteiger partial charge < -0.3 is 20.1 Å². The Morgan fingerprint density at radius 1 is 1.36 bits per heavy atom. The number of thiocarbonyl (C=S) groups is 1. The van der Waals surface area contributed by atoms with Crippen molar-refractivity contribution in [2.75, 3.05) is 11.9 Å². The Morgan fingerprint density at radius 2 is 2.11 bits per heavy atom. The summed E-state index contributed by atoms with van der Waals surface area (Å²) < 4.78 is 11.3. The molecule has 1 aliphatic rings. The van der Waals surface area contributed by atoms with Crippen molar-refractivity contribution in [3.05, 3.63) is 51.9 Å². The molecular formula is C21H26N2O3S2. The van der Waals surface area contributed by atoms with Gasteiger partial charge in [0.25, 0.3) is 0 Å². The van der Waals surface area contributed by atoms with Gasteiger partial charge in [0.1, 0.15) is 5.00 Å². The molecule has 2 heterocycles. The average molecular weight is 419 g/mol.